The second-order valence-corrected chi connectivity index (χ2v) is 10.2. The maximum atomic E-state index is 12.8. The predicted molar refractivity (Wildman–Crippen MR) is 150 cm³/mol. The first-order valence-electron chi connectivity index (χ1n) is 12.2. The SMILES string of the molecule is COc1ccc(C2=NN(C3=NC(=O)C(CC(=O)Nc4ccc(C)cc4)S3)C(c3ccc(OC)cc3)C2)cc1. The van der Waals surface area contributed by atoms with Gasteiger partial charge < -0.3 is 14.8 Å². The van der Waals surface area contributed by atoms with Gasteiger partial charge in [0.15, 0.2) is 5.17 Å². The molecule has 9 heteroatoms. The quantitative estimate of drug-likeness (QED) is 0.454. The molecule has 38 heavy (non-hydrogen) atoms. The Kier molecular flexibility index (Phi) is 7.46. The van der Waals surface area contributed by atoms with Gasteiger partial charge in [0.2, 0.25) is 5.91 Å². The number of aliphatic imine (C=N–C) groups is 1. The van der Waals surface area contributed by atoms with E-state index in [1.807, 2.05) is 84.7 Å². The number of aryl methyl sites for hydroxylation is 1. The molecule has 0 spiro atoms. The van der Waals surface area contributed by atoms with Crippen molar-refractivity contribution < 1.29 is 19.1 Å². The first-order chi connectivity index (χ1) is 18.4. The predicted octanol–water partition coefficient (Wildman–Crippen LogP) is 5.19. The molecule has 2 unspecified atom stereocenters. The second-order valence-electron chi connectivity index (χ2n) is 9.07. The van der Waals surface area contributed by atoms with Crippen LogP contribution in [0.3, 0.4) is 0 Å². The second kappa shape index (κ2) is 11.1. The maximum Gasteiger partial charge on any atom is 0.262 e. The van der Waals surface area contributed by atoms with Crippen LogP contribution in [0.2, 0.25) is 0 Å². The molecule has 194 valence electrons. The number of amidine groups is 1. The Labute approximate surface area is 225 Å². The number of benzene rings is 3. The standard InChI is InChI=1S/C29H28N4O4S/c1-18-4-10-21(11-5-18)30-27(34)17-26-28(35)31-29(38-26)33-25(20-8-14-23(37-3)15-9-20)16-24(32-33)19-6-12-22(36-2)13-7-19/h4-15,25-26H,16-17H2,1-3H3,(H,30,34). The lowest BCUT2D eigenvalue weighted by Gasteiger charge is -2.23. The van der Waals surface area contributed by atoms with Crippen LogP contribution in [-0.4, -0.2) is 47.2 Å². The summed E-state index contributed by atoms with van der Waals surface area (Å²) in [6, 6.07) is 22.9. The first-order valence-corrected chi connectivity index (χ1v) is 13.1. The van der Waals surface area contributed by atoms with Gasteiger partial charge in [-0.15, -0.1) is 0 Å². The Morgan fingerprint density at radius 3 is 2.24 bits per heavy atom. The zero-order chi connectivity index (χ0) is 26.6. The summed E-state index contributed by atoms with van der Waals surface area (Å²) in [7, 11) is 3.26. The fourth-order valence-electron chi connectivity index (χ4n) is 4.35. The van der Waals surface area contributed by atoms with Crippen LogP contribution in [0.15, 0.2) is 82.9 Å². The Morgan fingerprint density at radius 2 is 1.61 bits per heavy atom. The fraction of sp³-hybridized carbons (Fsp3) is 0.241. The summed E-state index contributed by atoms with van der Waals surface area (Å²) < 4.78 is 10.6. The van der Waals surface area contributed by atoms with Crippen molar-refractivity contribution in [3.8, 4) is 11.5 Å². The van der Waals surface area contributed by atoms with Crippen LogP contribution in [0.5, 0.6) is 11.5 Å². The largest absolute Gasteiger partial charge is 0.497 e. The van der Waals surface area contributed by atoms with Gasteiger partial charge in [0.25, 0.3) is 5.91 Å². The minimum Gasteiger partial charge on any atom is -0.497 e. The van der Waals surface area contributed by atoms with Crippen LogP contribution < -0.4 is 14.8 Å². The number of nitrogens with one attached hydrogen (secondary N) is 1. The highest BCUT2D eigenvalue weighted by Crippen LogP contribution is 2.39. The van der Waals surface area contributed by atoms with Crippen molar-refractivity contribution in [2.75, 3.05) is 19.5 Å². The van der Waals surface area contributed by atoms with Gasteiger partial charge in [-0.25, -0.2) is 5.01 Å². The molecule has 5 rings (SSSR count). The van der Waals surface area contributed by atoms with Crippen molar-refractivity contribution in [3.63, 3.8) is 0 Å². The molecule has 0 saturated carbocycles. The molecule has 1 N–H and O–H groups in total. The van der Waals surface area contributed by atoms with Gasteiger partial charge in [0.1, 0.15) is 16.7 Å². The van der Waals surface area contributed by atoms with E-state index in [9.17, 15) is 9.59 Å². The molecule has 2 atom stereocenters. The summed E-state index contributed by atoms with van der Waals surface area (Å²) in [5.41, 5.74) is 4.68. The van der Waals surface area contributed by atoms with E-state index in [0.717, 1.165) is 33.9 Å². The van der Waals surface area contributed by atoms with Crippen molar-refractivity contribution in [1.29, 1.82) is 0 Å². The van der Waals surface area contributed by atoms with Crippen LogP contribution in [0.25, 0.3) is 0 Å². The Hall–Kier alpha value is -4.11. The van der Waals surface area contributed by atoms with Crippen molar-refractivity contribution in [2.24, 2.45) is 10.1 Å². The molecule has 0 radical (unpaired) electrons. The summed E-state index contributed by atoms with van der Waals surface area (Å²) >= 11 is 1.28. The highest BCUT2D eigenvalue weighted by Gasteiger charge is 2.39. The summed E-state index contributed by atoms with van der Waals surface area (Å²) in [6.07, 6.45) is 0.658. The lowest BCUT2D eigenvalue weighted by atomic mass is 9.98. The number of carbonyl (C=O) groups is 2. The molecule has 2 amide bonds. The molecular formula is C29H28N4O4S. The van der Waals surface area contributed by atoms with Crippen LogP contribution in [-0.2, 0) is 9.59 Å². The number of hydrogen-bond acceptors (Lipinski definition) is 7. The van der Waals surface area contributed by atoms with Gasteiger partial charge >= 0.3 is 0 Å². The zero-order valence-electron chi connectivity index (χ0n) is 21.4. The van der Waals surface area contributed by atoms with Gasteiger partial charge in [-0.1, -0.05) is 41.6 Å². The summed E-state index contributed by atoms with van der Waals surface area (Å²) in [6.45, 7) is 1.98. The molecule has 0 aliphatic carbocycles. The minimum absolute atomic E-state index is 0.0282. The van der Waals surface area contributed by atoms with Crippen molar-refractivity contribution >= 4 is 40.1 Å². The van der Waals surface area contributed by atoms with Gasteiger partial charge in [0, 0.05) is 18.5 Å². The number of rotatable bonds is 7. The number of thioether (sulfide) groups is 1. The third kappa shape index (κ3) is 5.57. The highest BCUT2D eigenvalue weighted by molar-refractivity contribution is 8.15. The Bertz CT molecular complexity index is 1390. The number of ether oxygens (including phenoxy) is 2. The molecule has 0 aromatic heterocycles. The molecule has 2 aliphatic heterocycles. The van der Waals surface area contributed by atoms with Gasteiger partial charge in [-0.2, -0.15) is 10.1 Å². The molecule has 0 fully saturated rings. The van der Waals surface area contributed by atoms with E-state index in [-0.39, 0.29) is 24.3 Å². The average Bonchev–Trinajstić information content (AvgIpc) is 3.54. The number of anilines is 1. The van der Waals surface area contributed by atoms with E-state index < -0.39 is 5.25 Å². The number of nitrogens with zero attached hydrogens (tertiary/aromatic N) is 3. The van der Waals surface area contributed by atoms with E-state index in [1.165, 1.54) is 11.8 Å². The van der Waals surface area contributed by atoms with E-state index in [4.69, 9.17) is 14.6 Å². The molecule has 2 heterocycles. The molecule has 0 saturated heterocycles. The van der Waals surface area contributed by atoms with Gasteiger partial charge in [0.05, 0.1) is 26.0 Å². The van der Waals surface area contributed by atoms with E-state index >= 15 is 0 Å². The van der Waals surface area contributed by atoms with Crippen LogP contribution in [0.1, 0.15) is 35.6 Å². The van der Waals surface area contributed by atoms with Crippen LogP contribution in [0, 0.1) is 6.92 Å². The molecule has 2 aliphatic rings. The van der Waals surface area contributed by atoms with Gasteiger partial charge in [-0.3, -0.25) is 9.59 Å². The van der Waals surface area contributed by atoms with E-state index in [2.05, 4.69) is 10.3 Å². The molecule has 3 aromatic carbocycles. The molecule has 0 bridgehead atoms. The Morgan fingerprint density at radius 1 is 0.974 bits per heavy atom. The first kappa shape index (κ1) is 25.5. The monoisotopic (exact) mass is 528 g/mol. The number of amides is 2. The van der Waals surface area contributed by atoms with Gasteiger partial charge in [-0.05, 0) is 66.6 Å². The summed E-state index contributed by atoms with van der Waals surface area (Å²) in [4.78, 5) is 29.8. The number of carbonyl (C=O) groups excluding carboxylic acids is 2. The third-order valence-corrected chi connectivity index (χ3v) is 7.61. The summed E-state index contributed by atoms with van der Waals surface area (Å²) in [5, 5.41) is 9.46. The van der Waals surface area contributed by atoms with Crippen LogP contribution in [0.4, 0.5) is 5.69 Å². The summed E-state index contributed by atoms with van der Waals surface area (Å²) in [5.74, 6) is 0.971. The molecule has 8 nitrogen and oxygen atoms in total. The van der Waals surface area contributed by atoms with Crippen molar-refractivity contribution in [2.45, 2.75) is 31.1 Å². The maximum absolute atomic E-state index is 12.8. The smallest absolute Gasteiger partial charge is 0.262 e. The number of hydrazone groups is 1. The lowest BCUT2D eigenvalue weighted by Crippen LogP contribution is -2.25. The number of methoxy groups -OCH3 is 2. The van der Waals surface area contributed by atoms with E-state index in [0.29, 0.717) is 17.3 Å². The minimum atomic E-state index is -0.604. The van der Waals surface area contributed by atoms with Crippen LogP contribution >= 0.6 is 11.8 Å². The molecular weight excluding hydrogens is 500 g/mol. The highest BCUT2D eigenvalue weighted by atomic mass is 32.2. The molecule has 3 aromatic rings. The van der Waals surface area contributed by atoms with Crippen molar-refractivity contribution in [3.05, 3.63) is 89.5 Å². The Balaban J connectivity index is 1.35. The lowest BCUT2D eigenvalue weighted by molar-refractivity contribution is -0.121. The fourth-order valence-corrected chi connectivity index (χ4v) is 5.41. The zero-order valence-corrected chi connectivity index (χ0v) is 22.2. The topological polar surface area (TPSA) is 92.6 Å². The normalized spacial score (nSPS) is 18.7. The van der Waals surface area contributed by atoms with E-state index in [1.54, 1.807) is 14.2 Å². The number of hydrogen-bond donors (Lipinski definition) is 1. The third-order valence-electron chi connectivity index (χ3n) is 6.47. The average molecular weight is 529 g/mol. The van der Waals surface area contributed by atoms with Crippen molar-refractivity contribution in [1.82, 2.24) is 5.01 Å².